The fourth-order valence-electron chi connectivity index (χ4n) is 2.57. The van der Waals surface area contributed by atoms with Gasteiger partial charge in [0.1, 0.15) is 0 Å². The Morgan fingerprint density at radius 2 is 2.08 bits per heavy atom. The molecule has 1 saturated heterocycles. The van der Waals surface area contributed by atoms with Gasteiger partial charge in [-0.3, -0.25) is 0 Å². The van der Waals surface area contributed by atoms with E-state index in [1.807, 2.05) is 0 Å². The summed E-state index contributed by atoms with van der Waals surface area (Å²) in [5.74, 6) is 0.895. The molecule has 3 atom stereocenters. The van der Waals surface area contributed by atoms with Crippen molar-refractivity contribution >= 4 is 11.6 Å². The van der Waals surface area contributed by atoms with E-state index >= 15 is 0 Å². The molecule has 1 saturated carbocycles. The lowest BCUT2D eigenvalue weighted by atomic mass is 9.99. The van der Waals surface area contributed by atoms with Crippen LogP contribution in [0.1, 0.15) is 44.9 Å². The molecule has 0 aromatic heterocycles. The van der Waals surface area contributed by atoms with Crippen LogP contribution in [0.25, 0.3) is 0 Å². The highest BCUT2D eigenvalue weighted by Gasteiger charge is 2.24. The van der Waals surface area contributed by atoms with E-state index in [2.05, 4.69) is 0 Å². The lowest BCUT2D eigenvalue weighted by molar-refractivity contribution is 0.0983. The highest BCUT2D eigenvalue weighted by Crippen LogP contribution is 2.33. The van der Waals surface area contributed by atoms with Crippen LogP contribution in [-0.2, 0) is 4.74 Å². The molecular weight excluding hydrogens is 184 g/mol. The van der Waals surface area contributed by atoms with Crippen molar-refractivity contribution in [3.8, 4) is 0 Å². The normalized spacial score (nSPS) is 39.9. The number of halogens is 1. The highest BCUT2D eigenvalue weighted by atomic mass is 35.5. The Kier molecular flexibility index (Phi) is 3.51. The maximum absolute atomic E-state index is 6.07. The van der Waals surface area contributed by atoms with Crippen LogP contribution >= 0.6 is 11.6 Å². The smallest absolute Gasteiger partial charge is 0.0576 e. The first kappa shape index (κ1) is 9.79. The molecule has 0 amide bonds. The van der Waals surface area contributed by atoms with Crippen molar-refractivity contribution in [3.05, 3.63) is 0 Å². The van der Waals surface area contributed by atoms with Gasteiger partial charge in [-0.15, -0.1) is 11.6 Å². The van der Waals surface area contributed by atoms with Crippen LogP contribution in [0.15, 0.2) is 0 Å². The van der Waals surface area contributed by atoms with E-state index in [-0.39, 0.29) is 0 Å². The molecule has 0 aromatic carbocycles. The zero-order valence-electron chi connectivity index (χ0n) is 8.18. The third-order valence-electron chi connectivity index (χ3n) is 3.40. The average molecular weight is 203 g/mol. The molecule has 76 valence electrons. The van der Waals surface area contributed by atoms with E-state index < -0.39 is 0 Å². The summed E-state index contributed by atoms with van der Waals surface area (Å²) < 4.78 is 5.61. The van der Waals surface area contributed by atoms with Gasteiger partial charge >= 0.3 is 0 Å². The number of rotatable bonds is 3. The van der Waals surface area contributed by atoms with Gasteiger partial charge in [0, 0.05) is 12.0 Å². The van der Waals surface area contributed by atoms with Crippen LogP contribution < -0.4 is 0 Å². The highest BCUT2D eigenvalue weighted by molar-refractivity contribution is 6.20. The molecule has 2 heteroatoms. The molecule has 0 radical (unpaired) electrons. The van der Waals surface area contributed by atoms with Crippen LogP contribution in [0.4, 0.5) is 0 Å². The summed E-state index contributed by atoms with van der Waals surface area (Å²) in [5.41, 5.74) is 0. The first-order valence-corrected chi connectivity index (χ1v) is 6.04. The van der Waals surface area contributed by atoms with Crippen molar-refractivity contribution in [3.63, 3.8) is 0 Å². The number of ether oxygens (including phenoxy) is 1. The first-order valence-electron chi connectivity index (χ1n) is 5.60. The minimum Gasteiger partial charge on any atom is -0.378 e. The van der Waals surface area contributed by atoms with Crippen molar-refractivity contribution in [2.45, 2.75) is 56.4 Å². The standard InChI is InChI=1S/C11H19ClO/c12-10-5-3-9(8-10)4-6-11-2-1-7-13-11/h9-11H,1-8H2. The van der Waals surface area contributed by atoms with Crippen molar-refractivity contribution in [1.29, 1.82) is 0 Å². The summed E-state index contributed by atoms with van der Waals surface area (Å²) >= 11 is 6.07. The molecule has 3 unspecified atom stereocenters. The lowest BCUT2D eigenvalue weighted by Gasteiger charge is -2.12. The van der Waals surface area contributed by atoms with E-state index in [1.165, 1.54) is 44.9 Å². The maximum atomic E-state index is 6.07. The van der Waals surface area contributed by atoms with Crippen LogP contribution in [0.3, 0.4) is 0 Å². The van der Waals surface area contributed by atoms with E-state index in [0.29, 0.717) is 11.5 Å². The monoisotopic (exact) mass is 202 g/mol. The lowest BCUT2D eigenvalue weighted by Crippen LogP contribution is -2.07. The van der Waals surface area contributed by atoms with Crippen molar-refractivity contribution < 1.29 is 4.74 Å². The zero-order valence-corrected chi connectivity index (χ0v) is 8.93. The Hall–Kier alpha value is 0.250. The molecule has 1 aliphatic carbocycles. The van der Waals surface area contributed by atoms with Crippen molar-refractivity contribution in [1.82, 2.24) is 0 Å². The summed E-state index contributed by atoms with van der Waals surface area (Å²) in [5, 5.41) is 0.467. The average Bonchev–Trinajstić information content (AvgIpc) is 2.71. The molecule has 13 heavy (non-hydrogen) atoms. The predicted molar refractivity (Wildman–Crippen MR) is 55.2 cm³/mol. The summed E-state index contributed by atoms with van der Waals surface area (Å²) in [7, 11) is 0. The molecule has 1 aliphatic heterocycles. The SMILES string of the molecule is ClC1CCC(CCC2CCCO2)C1. The summed E-state index contributed by atoms with van der Waals surface area (Å²) in [6.07, 6.45) is 9.58. The second kappa shape index (κ2) is 4.65. The van der Waals surface area contributed by atoms with E-state index in [0.717, 1.165) is 12.5 Å². The molecule has 2 aliphatic rings. The first-order chi connectivity index (χ1) is 6.34. The minimum atomic E-state index is 0.467. The third kappa shape index (κ3) is 2.85. The fourth-order valence-corrected chi connectivity index (χ4v) is 2.95. The van der Waals surface area contributed by atoms with E-state index in [9.17, 15) is 0 Å². The van der Waals surface area contributed by atoms with Gasteiger partial charge in [-0.25, -0.2) is 0 Å². The van der Waals surface area contributed by atoms with Gasteiger partial charge in [-0.05, 0) is 50.9 Å². The summed E-state index contributed by atoms with van der Waals surface area (Å²) in [4.78, 5) is 0. The molecule has 0 N–H and O–H groups in total. The second-order valence-corrected chi connectivity index (χ2v) is 5.11. The second-order valence-electron chi connectivity index (χ2n) is 4.49. The van der Waals surface area contributed by atoms with Crippen molar-refractivity contribution in [2.24, 2.45) is 5.92 Å². The van der Waals surface area contributed by atoms with Crippen LogP contribution in [0.2, 0.25) is 0 Å². The minimum absolute atomic E-state index is 0.467. The molecule has 0 bridgehead atoms. The van der Waals surface area contributed by atoms with Gasteiger partial charge in [-0.1, -0.05) is 0 Å². The number of hydrogen-bond acceptors (Lipinski definition) is 1. The van der Waals surface area contributed by atoms with Gasteiger partial charge in [-0.2, -0.15) is 0 Å². The van der Waals surface area contributed by atoms with Gasteiger partial charge in [0.25, 0.3) is 0 Å². The van der Waals surface area contributed by atoms with Crippen LogP contribution in [0, 0.1) is 5.92 Å². The Morgan fingerprint density at radius 1 is 1.15 bits per heavy atom. The van der Waals surface area contributed by atoms with Gasteiger partial charge in [0.2, 0.25) is 0 Å². The van der Waals surface area contributed by atoms with Gasteiger partial charge < -0.3 is 4.74 Å². The molecule has 0 spiro atoms. The Bertz CT molecular complexity index is 154. The topological polar surface area (TPSA) is 9.23 Å². The van der Waals surface area contributed by atoms with Gasteiger partial charge in [0.05, 0.1) is 6.10 Å². The summed E-state index contributed by atoms with van der Waals surface area (Å²) in [6.45, 7) is 0.994. The Morgan fingerprint density at radius 3 is 2.69 bits per heavy atom. The van der Waals surface area contributed by atoms with E-state index in [1.54, 1.807) is 0 Å². The third-order valence-corrected chi connectivity index (χ3v) is 3.79. The molecule has 2 fully saturated rings. The largest absolute Gasteiger partial charge is 0.378 e. The summed E-state index contributed by atoms with van der Waals surface area (Å²) in [6, 6.07) is 0. The zero-order chi connectivity index (χ0) is 9.10. The van der Waals surface area contributed by atoms with E-state index in [4.69, 9.17) is 16.3 Å². The van der Waals surface area contributed by atoms with Crippen molar-refractivity contribution in [2.75, 3.05) is 6.61 Å². The predicted octanol–water partition coefficient (Wildman–Crippen LogP) is 3.35. The van der Waals surface area contributed by atoms with Gasteiger partial charge in [0.15, 0.2) is 0 Å². The van der Waals surface area contributed by atoms with Crippen LogP contribution in [0.5, 0.6) is 0 Å². The Balaban J connectivity index is 1.62. The number of alkyl halides is 1. The Labute approximate surface area is 85.8 Å². The molecule has 1 heterocycles. The molecule has 2 rings (SSSR count). The van der Waals surface area contributed by atoms with Crippen LogP contribution in [-0.4, -0.2) is 18.1 Å². The molecule has 0 aromatic rings. The molecular formula is C11H19ClO. The fraction of sp³-hybridized carbons (Fsp3) is 1.00. The molecule has 1 nitrogen and oxygen atoms in total. The maximum Gasteiger partial charge on any atom is 0.0576 e. The quantitative estimate of drug-likeness (QED) is 0.638. The number of hydrogen-bond donors (Lipinski definition) is 0.